The molecule has 2 rings (SSSR count). The number of anilines is 1. The second kappa shape index (κ2) is 7.54. The van der Waals surface area contributed by atoms with Gasteiger partial charge in [-0.15, -0.1) is 10.2 Å². The number of amides is 1. The van der Waals surface area contributed by atoms with Crippen LogP contribution in [0.15, 0.2) is 0 Å². The van der Waals surface area contributed by atoms with Crippen LogP contribution in [0.4, 0.5) is 5.13 Å². The summed E-state index contributed by atoms with van der Waals surface area (Å²) in [4.78, 5) is 14.1. The lowest BCUT2D eigenvalue weighted by Gasteiger charge is -2.29. The van der Waals surface area contributed by atoms with Gasteiger partial charge >= 0.3 is 0 Å². The van der Waals surface area contributed by atoms with Gasteiger partial charge in [0, 0.05) is 25.9 Å². The van der Waals surface area contributed by atoms with Gasteiger partial charge in [-0.2, -0.15) is 0 Å². The normalized spacial score (nSPS) is 19.9. The van der Waals surface area contributed by atoms with Gasteiger partial charge in [-0.3, -0.25) is 4.79 Å². The van der Waals surface area contributed by atoms with Gasteiger partial charge < -0.3 is 16.0 Å². The van der Waals surface area contributed by atoms with Crippen molar-refractivity contribution in [1.82, 2.24) is 20.4 Å². The minimum absolute atomic E-state index is 0.135. The zero-order chi connectivity index (χ0) is 14.4. The molecule has 0 aliphatic carbocycles. The molecule has 1 aromatic heterocycles. The summed E-state index contributed by atoms with van der Waals surface area (Å²) >= 11 is 1.37. The van der Waals surface area contributed by atoms with Crippen LogP contribution in [0.2, 0.25) is 0 Å². The molecular formula is C13H23N5OS. The monoisotopic (exact) mass is 297 g/mol. The lowest BCUT2D eigenvalue weighted by molar-refractivity contribution is -0.121. The number of nitrogen functional groups attached to an aromatic ring is 1. The Bertz CT molecular complexity index is 436. The molecule has 0 aromatic carbocycles. The van der Waals surface area contributed by atoms with E-state index in [-0.39, 0.29) is 5.91 Å². The molecule has 0 spiro atoms. The number of carbonyl (C=O) groups excluding carboxylic acids is 1. The molecule has 1 fully saturated rings. The highest BCUT2D eigenvalue weighted by molar-refractivity contribution is 7.15. The maximum Gasteiger partial charge on any atom is 0.220 e. The number of nitrogens with two attached hydrogens (primary N) is 1. The van der Waals surface area contributed by atoms with E-state index in [9.17, 15) is 4.79 Å². The standard InChI is InChI=1S/C13H23N5OS/c1-18-8-2-3-10(9-18)4-5-11(19)15-7-6-12-16-17-13(14)20-12/h10H,2-9H2,1H3,(H2,14,17)(H,15,19)/t10-/m0/s1. The zero-order valence-corrected chi connectivity index (χ0v) is 12.8. The predicted molar refractivity (Wildman–Crippen MR) is 80.5 cm³/mol. The fourth-order valence-electron chi connectivity index (χ4n) is 2.61. The van der Waals surface area contributed by atoms with Crippen LogP contribution in [-0.4, -0.2) is 47.7 Å². The van der Waals surface area contributed by atoms with Crippen LogP contribution in [0.5, 0.6) is 0 Å². The number of aromatic nitrogens is 2. The number of hydrogen-bond acceptors (Lipinski definition) is 6. The Morgan fingerprint density at radius 3 is 3.10 bits per heavy atom. The lowest BCUT2D eigenvalue weighted by atomic mass is 9.93. The highest BCUT2D eigenvalue weighted by atomic mass is 32.1. The quantitative estimate of drug-likeness (QED) is 0.815. The van der Waals surface area contributed by atoms with E-state index in [2.05, 4.69) is 27.5 Å². The maximum atomic E-state index is 11.8. The molecule has 0 saturated carbocycles. The highest BCUT2D eigenvalue weighted by Crippen LogP contribution is 2.19. The Morgan fingerprint density at radius 2 is 2.40 bits per heavy atom. The number of nitrogens with one attached hydrogen (secondary N) is 1. The van der Waals surface area contributed by atoms with E-state index in [1.807, 2.05) is 0 Å². The first-order chi connectivity index (χ1) is 9.63. The van der Waals surface area contributed by atoms with Crippen molar-refractivity contribution in [2.45, 2.75) is 32.1 Å². The number of rotatable bonds is 6. The van der Waals surface area contributed by atoms with Crippen molar-refractivity contribution >= 4 is 22.4 Å². The van der Waals surface area contributed by atoms with Crippen LogP contribution in [0.3, 0.4) is 0 Å². The van der Waals surface area contributed by atoms with Crippen LogP contribution in [-0.2, 0) is 11.2 Å². The summed E-state index contributed by atoms with van der Waals surface area (Å²) in [6.45, 7) is 2.92. The molecule has 1 aliphatic heterocycles. The third kappa shape index (κ3) is 5.05. The fourth-order valence-corrected chi connectivity index (χ4v) is 3.22. The second-order valence-corrected chi connectivity index (χ2v) is 6.54. The lowest BCUT2D eigenvalue weighted by Crippen LogP contribution is -2.33. The molecule has 0 unspecified atom stereocenters. The van der Waals surface area contributed by atoms with E-state index in [1.165, 1.54) is 30.7 Å². The minimum atomic E-state index is 0.135. The molecule has 6 nitrogen and oxygen atoms in total. The number of carbonyl (C=O) groups is 1. The van der Waals surface area contributed by atoms with Crippen molar-refractivity contribution in [2.24, 2.45) is 5.92 Å². The number of likely N-dealkylation sites (tertiary alicyclic amines) is 1. The Kier molecular flexibility index (Phi) is 5.72. The molecule has 1 saturated heterocycles. The van der Waals surface area contributed by atoms with Gasteiger partial charge in [0.1, 0.15) is 5.01 Å². The van der Waals surface area contributed by atoms with E-state index in [4.69, 9.17) is 5.73 Å². The van der Waals surface area contributed by atoms with Crippen molar-refractivity contribution in [3.05, 3.63) is 5.01 Å². The van der Waals surface area contributed by atoms with Crippen molar-refractivity contribution in [1.29, 1.82) is 0 Å². The number of nitrogens with zero attached hydrogens (tertiary/aromatic N) is 3. The third-order valence-electron chi connectivity index (χ3n) is 3.65. The summed E-state index contributed by atoms with van der Waals surface area (Å²) < 4.78 is 0. The first-order valence-electron chi connectivity index (χ1n) is 7.16. The largest absolute Gasteiger partial charge is 0.374 e. The summed E-state index contributed by atoms with van der Waals surface area (Å²) in [6.07, 6.45) is 4.81. The summed E-state index contributed by atoms with van der Waals surface area (Å²) in [5.41, 5.74) is 5.51. The van der Waals surface area contributed by atoms with Crippen molar-refractivity contribution in [3.63, 3.8) is 0 Å². The molecule has 0 bridgehead atoms. The zero-order valence-electron chi connectivity index (χ0n) is 12.0. The molecule has 0 radical (unpaired) electrons. The van der Waals surface area contributed by atoms with E-state index >= 15 is 0 Å². The molecule has 1 atom stereocenters. The molecule has 20 heavy (non-hydrogen) atoms. The Morgan fingerprint density at radius 1 is 1.55 bits per heavy atom. The average Bonchev–Trinajstić information content (AvgIpc) is 2.82. The Hall–Kier alpha value is -1.21. The van der Waals surface area contributed by atoms with Crippen LogP contribution in [0, 0.1) is 5.92 Å². The van der Waals surface area contributed by atoms with Gasteiger partial charge in [0.2, 0.25) is 11.0 Å². The fraction of sp³-hybridized carbons (Fsp3) is 0.769. The van der Waals surface area contributed by atoms with Crippen molar-refractivity contribution in [2.75, 3.05) is 32.4 Å². The molecule has 1 amide bonds. The Balaban J connectivity index is 1.58. The number of hydrogen-bond donors (Lipinski definition) is 2. The molecular weight excluding hydrogens is 274 g/mol. The van der Waals surface area contributed by atoms with Crippen LogP contribution >= 0.6 is 11.3 Å². The van der Waals surface area contributed by atoms with Crippen LogP contribution in [0.25, 0.3) is 0 Å². The van der Waals surface area contributed by atoms with Crippen LogP contribution in [0.1, 0.15) is 30.7 Å². The van der Waals surface area contributed by atoms with E-state index in [1.54, 1.807) is 0 Å². The minimum Gasteiger partial charge on any atom is -0.374 e. The highest BCUT2D eigenvalue weighted by Gasteiger charge is 2.17. The molecule has 3 N–H and O–H groups in total. The molecule has 2 heterocycles. The molecule has 1 aromatic rings. The van der Waals surface area contributed by atoms with Gasteiger partial charge in [-0.05, 0) is 38.8 Å². The molecule has 1 aliphatic rings. The van der Waals surface area contributed by atoms with Crippen molar-refractivity contribution < 1.29 is 4.79 Å². The van der Waals surface area contributed by atoms with Crippen LogP contribution < -0.4 is 11.1 Å². The number of piperidine rings is 1. The molecule has 112 valence electrons. The van der Waals surface area contributed by atoms with E-state index in [0.717, 1.165) is 18.0 Å². The molecule has 7 heteroatoms. The summed E-state index contributed by atoms with van der Waals surface area (Å²) in [6, 6.07) is 0. The average molecular weight is 297 g/mol. The SMILES string of the molecule is CN1CCC[C@@H](CCC(=O)NCCc2nnc(N)s2)C1. The van der Waals surface area contributed by atoms with Crippen molar-refractivity contribution in [3.8, 4) is 0 Å². The third-order valence-corrected chi connectivity index (χ3v) is 4.46. The van der Waals surface area contributed by atoms with Gasteiger partial charge in [0.05, 0.1) is 0 Å². The van der Waals surface area contributed by atoms with Gasteiger partial charge in [0.15, 0.2) is 0 Å². The van der Waals surface area contributed by atoms with E-state index in [0.29, 0.717) is 30.4 Å². The second-order valence-electron chi connectivity index (χ2n) is 5.44. The predicted octanol–water partition coefficient (Wildman–Crippen LogP) is 0.901. The summed E-state index contributed by atoms with van der Waals surface area (Å²) in [5, 5.41) is 12.0. The summed E-state index contributed by atoms with van der Waals surface area (Å²) in [7, 11) is 2.15. The topological polar surface area (TPSA) is 84.1 Å². The Labute approximate surface area is 123 Å². The van der Waals surface area contributed by atoms with Gasteiger partial charge in [-0.1, -0.05) is 11.3 Å². The van der Waals surface area contributed by atoms with Gasteiger partial charge in [-0.25, -0.2) is 0 Å². The summed E-state index contributed by atoms with van der Waals surface area (Å²) in [5.74, 6) is 0.804. The smallest absolute Gasteiger partial charge is 0.220 e. The van der Waals surface area contributed by atoms with Gasteiger partial charge in [0.25, 0.3) is 0 Å². The first kappa shape index (κ1) is 15.2. The maximum absolute atomic E-state index is 11.8. The first-order valence-corrected chi connectivity index (χ1v) is 7.98. The van der Waals surface area contributed by atoms with E-state index < -0.39 is 0 Å².